The molecule has 0 unspecified atom stereocenters. The maximum absolute atomic E-state index is 10.4. The molecule has 2 nitrogen and oxygen atoms in total. The molecule has 0 atom stereocenters. The van der Waals surface area contributed by atoms with Crippen molar-refractivity contribution in [3.8, 4) is 0 Å². The number of aliphatic carboxylic acids is 1. The molecule has 0 amide bonds. The zero-order valence-electron chi connectivity index (χ0n) is 15.0. The van der Waals surface area contributed by atoms with Gasteiger partial charge < -0.3 is 5.11 Å². The molecule has 0 saturated heterocycles. The number of carboxylic acid groups (broad SMARTS) is 1. The van der Waals surface area contributed by atoms with Crippen molar-refractivity contribution in [2.75, 3.05) is 0 Å². The van der Waals surface area contributed by atoms with Gasteiger partial charge in [0.05, 0.1) is 0 Å². The van der Waals surface area contributed by atoms with Crippen LogP contribution in [0.15, 0.2) is 11.6 Å². The highest BCUT2D eigenvalue weighted by Gasteiger charge is 1.97. The SMILES string of the molecule is CC(C)=CCCCCCCCCCCCCCCCC(=O)O. The second-order valence-electron chi connectivity index (χ2n) is 6.81. The van der Waals surface area contributed by atoms with Crippen LogP contribution in [-0.4, -0.2) is 11.1 Å². The molecule has 0 aromatic carbocycles. The maximum atomic E-state index is 10.4. The number of hydrogen-bond acceptors (Lipinski definition) is 1. The van der Waals surface area contributed by atoms with Gasteiger partial charge in [0, 0.05) is 6.42 Å². The highest BCUT2D eigenvalue weighted by Crippen LogP contribution is 2.13. The van der Waals surface area contributed by atoms with E-state index in [4.69, 9.17) is 5.11 Å². The lowest BCUT2D eigenvalue weighted by molar-refractivity contribution is -0.137. The van der Waals surface area contributed by atoms with Crippen LogP contribution in [0.3, 0.4) is 0 Å². The lowest BCUT2D eigenvalue weighted by Crippen LogP contribution is -1.93. The summed E-state index contributed by atoms with van der Waals surface area (Å²) < 4.78 is 0. The first-order valence-corrected chi connectivity index (χ1v) is 9.48. The molecule has 1 N–H and O–H groups in total. The van der Waals surface area contributed by atoms with Crippen LogP contribution in [0.25, 0.3) is 0 Å². The molecule has 0 aromatic heterocycles. The largest absolute Gasteiger partial charge is 0.481 e. The number of rotatable bonds is 16. The molecule has 0 aromatic rings. The Hall–Kier alpha value is -0.790. The Morgan fingerprint density at radius 1 is 0.682 bits per heavy atom. The van der Waals surface area contributed by atoms with Crippen molar-refractivity contribution in [3.63, 3.8) is 0 Å². The summed E-state index contributed by atoms with van der Waals surface area (Å²) in [5.41, 5.74) is 1.45. The van der Waals surface area contributed by atoms with Gasteiger partial charge in [-0.2, -0.15) is 0 Å². The van der Waals surface area contributed by atoms with Crippen molar-refractivity contribution in [1.82, 2.24) is 0 Å². The Labute approximate surface area is 138 Å². The number of carboxylic acids is 1. The Bertz CT molecular complexity index is 277. The molecule has 0 aliphatic heterocycles. The van der Waals surface area contributed by atoms with E-state index < -0.39 is 5.97 Å². The highest BCUT2D eigenvalue weighted by molar-refractivity contribution is 5.66. The Morgan fingerprint density at radius 2 is 1.05 bits per heavy atom. The lowest BCUT2D eigenvalue weighted by atomic mass is 10.0. The van der Waals surface area contributed by atoms with Gasteiger partial charge in [-0.15, -0.1) is 0 Å². The lowest BCUT2D eigenvalue weighted by Gasteiger charge is -2.03. The molecule has 0 fully saturated rings. The molecule has 0 radical (unpaired) electrons. The molecule has 0 aliphatic rings. The molecule has 0 aliphatic carbocycles. The Morgan fingerprint density at radius 3 is 1.41 bits per heavy atom. The summed E-state index contributed by atoms with van der Waals surface area (Å²) in [6.45, 7) is 4.35. The van der Waals surface area contributed by atoms with Crippen molar-refractivity contribution in [2.45, 2.75) is 110 Å². The van der Waals surface area contributed by atoms with Crippen LogP contribution >= 0.6 is 0 Å². The van der Waals surface area contributed by atoms with Gasteiger partial charge >= 0.3 is 5.97 Å². The summed E-state index contributed by atoms with van der Waals surface area (Å²) in [4.78, 5) is 10.4. The standard InChI is InChI=1S/C20H38O2/c1-19(2)17-15-13-11-9-7-5-3-4-6-8-10-12-14-16-18-20(21)22/h17H,3-16,18H2,1-2H3,(H,21,22). The summed E-state index contributed by atoms with van der Waals surface area (Å²) in [5, 5.41) is 8.54. The van der Waals surface area contributed by atoms with E-state index in [2.05, 4.69) is 19.9 Å². The van der Waals surface area contributed by atoms with Crippen LogP contribution in [0, 0.1) is 0 Å². The van der Waals surface area contributed by atoms with Crippen molar-refractivity contribution in [1.29, 1.82) is 0 Å². The minimum Gasteiger partial charge on any atom is -0.481 e. The van der Waals surface area contributed by atoms with E-state index in [0.717, 1.165) is 12.8 Å². The third-order valence-corrected chi connectivity index (χ3v) is 4.15. The monoisotopic (exact) mass is 310 g/mol. The first-order valence-electron chi connectivity index (χ1n) is 9.48. The van der Waals surface area contributed by atoms with Crippen LogP contribution in [0.5, 0.6) is 0 Å². The molecule has 0 rings (SSSR count). The second-order valence-corrected chi connectivity index (χ2v) is 6.81. The van der Waals surface area contributed by atoms with E-state index in [1.807, 2.05) is 0 Å². The van der Waals surface area contributed by atoms with Crippen molar-refractivity contribution in [2.24, 2.45) is 0 Å². The van der Waals surface area contributed by atoms with Crippen LogP contribution in [0.1, 0.15) is 110 Å². The van der Waals surface area contributed by atoms with E-state index in [9.17, 15) is 4.79 Å². The number of hydrogen-bond donors (Lipinski definition) is 1. The molecular weight excluding hydrogens is 272 g/mol. The third-order valence-electron chi connectivity index (χ3n) is 4.15. The van der Waals surface area contributed by atoms with E-state index in [1.165, 1.54) is 82.6 Å². The van der Waals surface area contributed by atoms with Gasteiger partial charge in [0.1, 0.15) is 0 Å². The van der Waals surface area contributed by atoms with Crippen molar-refractivity contribution < 1.29 is 9.90 Å². The molecular formula is C20H38O2. The summed E-state index contributed by atoms with van der Waals surface area (Å²) >= 11 is 0. The average Bonchev–Trinajstić information content (AvgIpc) is 2.46. The topological polar surface area (TPSA) is 37.3 Å². The fourth-order valence-corrected chi connectivity index (χ4v) is 2.76. The van der Waals surface area contributed by atoms with Gasteiger partial charge in [0.25, 0.3) is 0 Å². The van der Waals surface area contributed by atoms with Crippen LogP contribution in [-0.2, 0) is 4.79 Å². The predicted octanol–water partition coefficient (Wildman–Crippen LogP) is 6.89. The van der Waals surface area contributed by atoms with Gasteiger partial charge in [0.15, 0.2) is 0 Å². The first-order chi connectivity index (χ1) is 10.6. The molecule has 0 heterocycles. The van der Waals surface area contributed by atoms with Crippen LogP contribution < -0.4 is 0 Å². The van der Waals surface area contributed by atoms with Crippen LogP contribution in [0.4, 0.5) is 0 Å². The number of allylic oxidation sites excluding steroid dienone is 2. The van der Waals surface area contributed by atoms with Crippen molar-refractivity contribution >= 4 is 5.97 Å². The average molecular weight is 311 g/mol. The number of unbranched alkanes of at least 4 members (excludes halogenated alkanes) is 13. The van der Waals surface area contributed by atoms with Gasteiger partial charge in [-0.3, -0.25) is 4.79 Å². The third kappa shape index (κ3) is 19.2. The Kier molecular flexibility index (Phi) is 16.0. The molecule has 0 saturated carbocycles. The number of carbonyl (C=O) groups is 1. The van der Waals surface area contributed by atoms with Gasteiger partial charge in [-0.05, 0) is 33.1 Å². The Balaban J connectivity index is 3.02. The van der Waals surface area contributed by atoms with Gasteiger partial charge in [-0.1, -0.05) is 82.3 Å². The summed E-state index contributed by atoms with van der Waals surface area (Å²) in [7, 11) is 0. The van der Waals surface area contributed by atoms with Gasteiger partial charge in [-0.25, -0.2) is 0 Å². The smallest absolute Gasteiger partial charge is 0.303 e. The minimum atomic E-state index is -0.656. The normalized spacial score (nSPS) is 10.6. The van der Waals surface area contributed by atoms with E-state index >= 15 is 0 Å². The van der Waals surface area contributed by atoms with Crippen molar-refractivity contribution in [3.05, 3.63) is 11.6 Å². The second kappa shape index (κ2) is 16.6. The fourth-order valence-electron chi connectivity index (χ4n) is 2.76. The molecule has 22 heavy (non-hydrogen) atoms. The van der Waals surface area contributed by atoms with E-state index in [-0.39, 0.29) is 0 Å². The predicted molar refractivity (Wildman–Crippen MR) is 96.3 cm³/mol. The van der Waals surface area contributed by atoms with Crippen LogP contribution in [0.2, 0.25) is 0 Å². The first kappa shape index (κ1) is 21.2. The maximum Gasteiger partial charge on any atom is 0.303 e. The summed E-state index contributed by atoms with van der Waals surface area (Å²) in [6, 6.07) is 0. The molecule has 0 bridgehead atoms. The fraction of sp³-hybridized carbons (Fsp3) is 0.850. The summed E-state index contributed by atoms with van der Waals surface area (Å²) in [6.07, 6.45) is 20.8. The quantitative estimate of drug-likeness (QED) is 0.249. The molecule has 0 spiro atoms. The molecule has 130 valence electrons. The zero-order valence-corrected chi connectivity index (χ0v) is 15.0. The molecule has 2 heteroatoms. The zero-order chi connectivity index (χ0) is 16.5. The summed E-state index contributed by atoms with van der Waals surface area (Å²) in [5.74, 6) is -0.656. The van der Waals surface area contributed by atoms with Gasteiger partial charge in [0.2, 0.25) is 0 Å². The van der Waals surface area contributed by atoms with E-state index in [0.29, 0.717) is 6.42 Å². The van der Waals surface area contributed by atoms with E-state index in [1.54, 1.807) is 0 Å². The minimum absolute atomic E-state index is 0.342. The highest BCUT2D eigenvalue weighted by atomic mass is 16.4.